The van der Waals surface area contributed by atoms with Gasteiger partial charge in [0, 0.05) is 18.2 Å². The fourth-order valence-corrected chi connectivity index (χ4v) is 2.30. The van der Waals surface area contributed by atoms with Crippen molar-refractivity contribution >= 4 is 23.0 Å². The third kappa shape index (κ3) is 4.16. The molecule has 0 radical (unpaired) electrons. The van der Waals surface area contributed by atoms with Crippen LogP contribution in [0.2, 0.25) is 5.02 Å². The van der Waals surface area contributed by atoms with Crippen molar-refractivity contribution < 1.29 is 9.31 Å². The molecule has 0 amide bonds. The monoisotopic (exact) mass is 308 g/mol. The van der Waals surface area contributed by atoms with E-state index in [1.165, 1.54) is 24.3 Å². The Hall–Kier alpha value is -2.14. The second-order valence-electron chi connectivity index (χ2n) is 4.80. The van der Waals surface area contributed by atoms with Gasteiger partial charge in [-0.3, -0.25) is 10.1 Å². The molecule has 0 bridgehead atoms. The third-order valence-electron chi connectivity index (χ3n) is 3.00. The topological polar surface area (TPSA) is 55.2 Å². The minimum Gasteiger partial charge on any atom is -0.381 e. The molecular weight excluding hydrogens is 295 g/mol. The molecule has 0 spiro atoms. The van der Waals surface area contributed by atoms with Crippen molar-refractivity contribution in [1.29, 1.82) is 0 Å². The van der Waals surface area contributed by atoms with Crippen LogP contribution in [-0.2, 0) is 6.42 Å². The number of nitrogens with zero attached hydrogens (tertiary/aromatic N) is 1. The second kappa shape index (κ2) is 6.54. The molecule has 2 aromatic carbocycles. The Morgan fingerprint density at radius 2 is 2.10 bits per heavy atom. The highest BCUT2D eigenvalue weighted by molar-refractivity contribution is 6.33. The van der Waals surface area contributed by atoms with Crippen molar-refractivity contribution in [3.05, 3.63) is 69.0 Å². The second-order valence-corrected chi connectivity index (χ2v) is 5.21. The van der Waals surface area contributed by atoms with Crippen LogP contribution in [0.25, 0.3) is 0 Å². The van der Waals surface area contributed by atoms with Crippen LogP contribution in [0, 0.1) is 15.9 Å². The van der Waals surface area contributed by atoms with E-state index in [0.29, 0.717) is 12.1 Å². The zero-order valence-electron chi connectivity index (χ0n) is 11.3. The molecule has 21 heavy (non-hydrogen) atoms. The van der Waals surface area contributed by atoms with Crippen LogP contribution in [0.5, 0.6) is 0 Å². The highest BCUT2D eigenvalue weighted by atomic mass is 35.5. The van der Waals surface area contributed by atoms with E-state index < -0.39 is 4.92 Å². The summed E-state index contributed by atoms with van der Waals surface area (Å²) < 4.78 is 13.1. The molecule has 0 aliphatic rings. The van der Waals surface area contributed by atoms with Gasteiger partial charge in [0.05, 0.1) is 15.6 Å². The van der Waals surface area contributed by atoms with Crippen LogP contribution in [0.1, 0.15) is 12.5 Å². The molecule has 0 saturated carbocycles. The smallest absolute Gasteiger partial charge is 0.271 e. The van der Waals surface area contributed by atoms with Crippen LogP contribution in [0.15, 0.2) is 42.5 Å². The summed E-state index contributed by atoms with van der Waals surface area (Å²) in [5, 5.41) is 14.1. The summed E-state index contributed by atoms with van der Waals surface area (Å²) >= 11 is 6.02. The number of hydrogen-bond donors (Lipinski definition) is 1. The normalized spacial score (nSPS) is 12.0. The van der Waals surface area contributed by atoms with E-state index in [9.17, 15) is 14.5 Å². The first kappa shape index (κ1) is 15.3. The summed E-state index contributed by atoms with van der Waals surface area (Å²) in [6, 6.07) is 10.7. The quantitative estimate of drug-likeness (QED) is 0.656. The van der Waals surface area contributed by atoms with Crippen molar-refractivity contribution in [2.75, 3.05) is 5.32 Å². The first-order valence-electron chi connectivity index (χ1n) is 6.40. The van der Waals surface area contributed by atoms with Crippen molar-refractivity contribution in [3.63, 3.8) is 0 Å². The predicted molar refractivity (Wildman–Crippen MR) is 81.3 cm³/mol. The lowest BCUT2D eigenvalue weighted by atomic mass is 10.1. The van der Waals surface area contributed by atoms with E-state index in [2.05, 4.69) is 5.32 Å². The number of benzene rings is 2. The summed E-state index contributed by atoms with van der Waals surface area (Å²) in [5.74, 6) is -0.270. The van der Waals surface area contributed by atoms with E-state index in [1.54, 1.807) is 12.1 Å². The largest absolute Gasteiger partial charge is 0.381 e. The SMILES string of the molecule is CC(Cc1cccc(F)c1)Nc1ccc([N+](=O)[O-])cc1Cl. The number of halogens is 2. The van der Waals surface area contributed by atoms with Gasteiger partial charge >= 0.3 is 0 Å². The maximum absolute atomic E-state index is 13.1. The molecule has 0 aromatic heterocycles. The molecule has 0 aliphatic heterocycles. The number of nitro benzene ring substituents is 1. The Balaban J connectivity index is 2.06. The first-order valence-corrected chi connectivity index (χ1v) is 6.78. The van der Waals surface area contributed by atoms with Crippen molar-refractivity contribution in [1.82, 2.24) is 0 Å². The zero-order chi connectivity index (χ0) is 15.4. The molecular formula is C15H14ClFN2O2. The van der Waals surface area contributed by atoms with Gasteiger partial charge in [-0.15, -0.1) is 0 Å². The molecule has 1 unspecified atom stereocenters. The van der Waals surface area contributed by atoms with Gasteiger partial charge in [-0.1, -0.05) is 23.7 Å². The van der Waals surface area contributed by atoms with E-state index in [4.69, 9.17) is 11.6 Å². The molecule has 0 heterocycles. The summed E-state index contributed by atoms with van der Waals surface area (Å²) in [6.07, 6.45) is 0.616. The van der Waals surface area contributed by atoms with Gasteiger partial charge in [0.1, 0.15) is 5.82 Å². The Labute approximate surface area is 126 Å². The summed E-state index contributed by atoms with van der Waals surface area (Å²) in [6.45, 7) is 1.93. The fraction of sp³-hybridized carbons (Fsp3) is 0.200. The molecule has 0 aliphatic carbocycles. The standard InChI is InChI=1S/C15H14ClFN2O2/c1-10(7-11-3-2-4-12(17)8-11)18-15-6-5-13(19(20)21)9-14(15)16/h2-6,8-10,18H,7H2,1H3. The van der Waals surface area contributed by atoms with Gasteiger partial charge in [0.2, 0.25) is 0 Å². The molecule has 1 atom stereocenters. The molecule has 4 nitrogen and oxygen atoms in total. The Kier molecular flexibility index (Phi) is 4.75. The highest BCUT2D eigenvalue weighted by Gasteiger charge is 2.11. The maximum Gasteiger partial charge on any atom is 0.271 e. The molecule has 2 aromatic rings. The first-order chi connectivity index (χ1) is 9.95. The molecule has 0 saturated heterocycles. The minimum absolute atomic E-state index is 0.00533. The van der Waals surface area contributed by atoms with Crippen LogP contribution in [0.3, 0.4) is 0 Å². The average molecular weight is 309 g/mol. The molecule has 6 heteroatoms. The number of anilines is 1. The molecule has 110 valence electrons. The Morgan fingerprint density at radius 1 is 1.33 bits per heavy atom. The molecule has 0 fully saturated rings. The van der Waals surface area contributed by atoms with E-state index >= 15 is 0 Å². The van der Waals surface area contributed by atoms with Crippen molar-refractivity contribution in [2.45, 2.75) is 19.4 Å². The van der Waals surface area contributed by atoms with E-state index in [-0.39, 0.29) is 22.6 Å². The summed E-state index contributed by atoms with van der Waals surface area (Å²) in [5.41, 5.74) is 1.43. The lowest BCUT2D eigenvalue weighted by Crippen LogP contribution is -2.18. The van der Waals surface area contributed by atoms with E-state index in [0.717, 1.165) is 5.56 Å². The van der Waals surface area contributed by atoms with Crippen molar-refractivity contribution in [3.8, 4) is 0 Å². The van der Waals surface area contributed by atoms with Crippen LogP contribution in [-0.4, -0.2) is 11.0 Å². The molecule has 2 rings (SSSR count). The van der Waals surface area contributed by atoms with Crippen molar-refractivity contribution in [2.24, 2.45) is 0 Å². The number of hydrogen-bond acceptors (Lipinski definition) is 3. The zero-order valence-corrected chi connectivity index (χ0v) is 12.1. The van der Waals surface area contributed by atoms with Gasteiger partial charge in [-0.25, -0.2) is 4.39 Å². The highest BCUT2D eigenvalue weighted by Crippen LogP contribution is 2.27. The molecule has 1 N–H and O–H groups in total. The van der Waals surface area contributed by atoms with Crippen LogP contribution < -0.4 is 5.32 Å². The fourth-order valence-electron chi connectivity index (χ4n) is 2.07. The van der Waals surface area contributed by atoms with Gasteiger partial charge in [-0.05, 0) is 37.1 Å². The van der Waals surface area contributed by atoms with Gasteiger partial charge < -0.3 is 5.32 Å². The van der Waals surface area contributed by atoms with Crippen LogP contribution >= 0.6 is 11.6 Å². The third-order valence-corrected chi connectivity index (χ3v) is 3.31. The lowest BCUT2D eigenvalue weighted by Gasteiger charge is -2.16. The number of non-ortho nitro benzene ring substituents is 1. The maximum atomic E-state index is 13.1. The Morgan fingerprint density at radius 3 is 2.71 bits per heavy atom. The summed E-state index contributed by atoms with van der Waals surface area (Å²) in [7, 11) is 0. The Bertz CT molecular complexity index is 664. The number of nitrogens with one attached hydrogen (secondary N) is 1. The minimum atomic E-state index is -0.494. The van der Waals surface area contributed by atoms with Crippen LogP contribution in [0.4, 0.5) is 15.8 Å². The number of nitro groups is 1. The van der Waals surface area contributed by atoms with E-state index in [1.807, 2.05) is 13.0 Å². The average Bonchev–Trinajstić information content (AvgIpc) is 2.40. The van der Waals surface area contributed by atoms with Gasteiger partial charge in [0.15, 0.2) is 0 Å². The predicted octanol–water partition coefficient (Wildman–Crippen LogP) is 4.43. The lowest BCUT2D eigenvalue weighted by molar-refractivity contribution is -0.384. The summed E-state index contributed by atoms with van der Waals surface area (Å²) in [4.78, 5) is 10.2. The van der Waals surface area contributed by atoms with Gasteiger partial charge in [0.25, 0.3) is 5.69 Å². The van der Waals surface area contributed by atoms with Gasteiger partial charge in [-0.2, -0.15) is 0 Å². The number of rotatable bonds is 5.